The monoisotopic (exact) mass is 365 g/mol. The maximum absolute atomic E-state index is 12.5. The smallest absolute Gasteiger partial charge is 0.335 e. The minimum absolute atomic E-state index is 0.0111. The summed E-state index contributed by atoms with van der Waals surface area (Å²) in [5.74, 6) is -2.42. The molecule has 7 nitrogen and oxygen atoms in total. The van der Waals surface area contributed by atoms with Crippen molar-refractivity contribution in [3.05, 3.63) is 71.8 Å². The first-order valence-electron chi connectivity index (χ1n) is 8.53. The van der Waals surface area contributed by atoms with Crippen LogP contribution in [0.25, 0.3) is 0 Å². The lowest BCUT2D eigenvalue weighted by molar-refractivity contribution is -0.144. The zero-order chi connectivity index (χ0) is 19.4. The van der Waals surface area contributed by atoms with Crippen molar-refractivity contribution in [1.82, 2.24) is 15.1 Å². The molecule has 1 heterocycles. The van der Waals surface area contributed by atoms with Crippen LogP contribution in [0.3, 0.4) is 0 Å². The van der Waals surface area contributed by atoms with Gasteiger partial charge in [-0.1, -0.05) is 60.7 Å². The van der Waals surface area contributed by atoms with E-state index in [-0.39, 0.29) is 12.6 Å². The summed E-state index contributed by atoms with van der Waals surface area (Å²) in [5.41, 5.74) is 1.61. The third-order valence-electron chi connectivity index (χ3n) is 4.30. The lowest BCUT2D eigenvalue weighted by Gasteiger charge is -2.18. The van der Waals surface area contributed by atoms with E-state index in [4.69, 9.17) is 0 Å². The number of carbonyl (C=O) groups is 4. The number of nitrogens with zero attached hydrogens (tertiary/aromatic N) is 2. The third-order valence-corrected chi connectivity index (χ3v) is 4.30. The fourth-order valence-electron chi connectivity index (χ4n) is 2.85. The standard InChI is InChI=1S/C20H19N3O4/c1-14(16-10-6-3-7-11-16)21-17(24)13-23-19(26)18(25)22(20(23)27)12-15-8-4-2-5-9-15/h2-11,14H,12-13H2,1H3,(H,21,24). The molecule has 1 N–H and O–H groups in total. The molecule has 27 heavy (non-hydrogen) atoms. The predicted octanol–water partition coefficient (Wildman–Crippen LogP) is 1.85. The number of hydrogen-bond donors (Lipinski definition) is 1. The van der Waals surface area contributed by atoms with Crippen molar-refractivity contribution in [3.63, 3.8) is 0 Å². The minimum atomic E-state index is -0.988. The summed E-state index contributed by atoms with van der Waals surface area (Å²) in [5, 5.41) is 2.73. The van der Waals surface area contributed by atoms with E-state index in [1.165, 1.54) is 0 Å². The first kappa shape index (κ1) is 18.3. The van der Waals surface area contributed by atoms with E-state index < -0.39 is 30.3 Å². The predicted molar refractivity (Wildman–Crippen MR) is 97.1 cm³/mol. The number of rotatable bonds is 6. The molecule has 1 saturated heterocycles. The Morgan fingerprint density at radius 3 is 2.07 bits per heavy atom. The Morgan fingerprint density at radius 2 is 1.44 bits per heavy atom. The summed E-state index contributed by atoms with van der Waals surface area (Å²) in [6, 6.07) is 17.1. The number of hydrogen-bond acceptors (Lipinski definition) is 4. The van der Waals surface area contributed by atoms with Gasteiger partial charge in [0.05, 0.1) is 12.6 Å². The van der Waals surface area contributed by atoms with Crippen molar-refractivity contribution in [3.8, 4) is 0 Å². The molecule has 1 unspecified atom stereocenters. The highest BCUT2D eigenvalue weighted by Crippen LogP contribution is 2.16. The summed E-state index contributed by atoms with van der Waals surface area (Å²) < 4.78 is 0. The first-order chi connectivity index (χ1) is 13.0. The lowest BCUT2D eigenvalue weighted by atomic mass is 10.1. The highest BCUT2D eigenvalue weighted by Gasteiger charge is 2.45. The van der Waals surface area contributed by atoms with Crippen LogP contribution < -0.4 is 5.32 Å². The van der Waals surface area contributed by atoms with E-state index in [2.05, 4.69) is 5.32 Å². The van der Waals surface area contributed by atoms with Crippen molar-refractivity contribution in [2.45, 2.75) is 19.5 Å². The van der Waals surface area contributed by atoms with Gasteiger partial charge in [0.25, 0.3) is 0 Å². The lowest BCUT2D eigenvalue weighted by Crippen LogP contribution is -2.42. The average molecular weight is 365 g/mol. The van der Waals surface area contributed by atoms with Crippen molar-refractivity contribution in [2.24, 2.45) is 0 Å². The Morgan fingerprint density at radius 1 is 0.889 bits per heavy atom. The van der Waals surface area contributed by atoms with Gasteiger partial charge >= 0.3 is 17.8 Å². The van der Waals surface area contributed by atoms with E-state index in [1.54, 1.807) is 31.2 Å². The van der Waals surface area contributed by atoms with E-state index in [9.17, 15) is 19.2 Å². The second kappa shape index (κ2) is 7.82. The molecular formula is C20H19N3O4. The highest BCUT2D eigenvalue weighted by molar-refractivity contribution is 6.44. The Balaban J connectivity index is 1.64. The van der Waals surface area contributed by atoms with Crippen LogP contribution >= 0.6 is 0 Å². The molecule has 7 heteroatoms. The Bertz CT molecular complexity index is 867. The molecule has 1 fully saturated rings. The molecule has 1 atom stereocenters. The van der Waals surface area contributed by atoms with Gasteiger partial charge in [0.15, 0.2) is 0 Å². The molecule has 2 aromatic rings. The summed E-state index contributed by atoms with van der Waals surface area (Å²) in [6.07, 6.45) is 0. The summed E-state index contributed by atoms with van der Waals surface area (Å²) in [6.45, 7) is 1.29. The van der Waals surface area contributed by atoms with Crippen LogP contribution in [-0.4, -0.2) is 40.1 Å². The van der Waals surface area contributed by atoms with Gasteiger partial charge in [0, 0.05) is 0 Å². The number of nitrogens with one attached hydrogen (secondary N) is 1. The molecule has 138 valence electrons. The number of amides is 5. The summed E-state index contributed by atoms with van der Waals surface area (Å²) >= 11 is 0. The van der Waals surface area contributed by atoms with Gasteiger partial charge in [-0.05, 0) is 18.1 Å². The maximum atomic E-state index is 12.5. The van der Waals surface area contributed by atoms with Crippen LogP contribution in [0.1, 0.15) is 24.1 Å². The van der Waals surface area contributed by atoms with E-state index in [1.807, 2.05) is 36.4 Å². The first-order valence-corrected chi connectivity index (χ1v) is 8.53. The molecule has 1 aliphatic heterocycles. The van der Waals surface area contributed by atoms with Crippen molar-refractivity contribution >= 4 is 23.8 Å². The molecule has 5 amide bonds. The SMILES string of the molecule is CC(NC(=O)CN1C(=O)C(=O)N(Cc2ccccc2)C1=O)c1ccccc1. The number of urea groups is 1. The Kier molecular flexibility index (Phi) is 5.30. The van der Waals surface area contributed by atoms with Crippen LogP contribution in [0.2, 0.25) is 0 Å². The van der Waals surface area contributed by atoms with Gasteiger partial charge in [-0.15, -0.1) is 0 Å². The van der Waals surface area contributed by atoms with Crippen molar-refractivity contribution < 1.29 is 19.2 Å². The largest absolute Gasteiger partial charge is 0.348 e. The zero-order valence-electron chi connectivity index (χ0n) is 14.8. The van der Waals surface area contributed by atoms with E-state index >= 15 is 0 Å². The molecule has 1 aliphatic rings. The fraction of sp³-hybridized carbons (Fsp3) is 0.200. The Labute approximate surface area is 156 Å². The summed E-state index contributed by atoms with van der Waals surface area (Å²) in [7, 11) is 0. The molecule has 0 spiro atoms. The van der Waals surface area contributed by atoms with Gasteiger partial charge in [-0.25, -0.2) is 9.69 Å². The summed E-state index contributed by atoms with van der Waals surface area (Å²) in [4.78, 5) is 50.5. The second-order valence-corrected chi connectivity index (χ2v) is 6.25. The van der Waals surface area contributed by atoms with E-state index in [0.29, 0.717) is 4.90 Å². The van der Waals surface area contributed by atoms with Crippen LogP contribution in [-0.2, 0) is 20.9 Å². The van der Waals surface area contributed by atoms with Gasteiger partial charge in [0.2, 0.25) is 5.91 Å². The average Bonchev–Trinajstić information content (AvgIpc) is 2.87. The normalized spacial score (nSPS) is 15.2. The maximum Gasteiger partial charge on any atom is 0.335 e. The zero-order valence-corrected chi connectivity index (χ0v) is 14.8. The quantitative estimate of drug-likeness (QED) is 0.625. The molecule has 0 bridgehead atoms. The second-order valence-electron chi connectivity index (χ2n) is 6.25. The van der Waals surface area contributed by atoms with Crippen LogP contribution in [0.5, 0.6) is 0 Å². The molecular weight excluding hydrogens is 346 g/mol. The topological polar surface area (TPSA) is 86.8 Å². The molecule has 3 rings (SSSR count). The van der Waals surface area contributed by atoms with Gasteiger partial charge < -0.3 is 5.32 Å². The molecule has 0 aromatic heterocycles. The van der Waals surface area contributed by atoms with Gasteiger partial charge in [-0.3, -0.25) is 19.3 Å². The fourth-order valence-corrected chi connectivity index (χ4v) is 2.85. The van der Waals surface area contributed by atoms with Crippen LogP contribution in [0.4, 0.5) is 4.79 Å². The number of carbonyl (C=O) groups excluding carboxylic acids is 4. The van der Waals surface area contributed by atoms with E-state index in [0.717, 1.165) is 16.0 Å². The number of imide groups is 2. The van der Waals surface area contributed by atoms with Crippen molar-refractivity contribution in [1.29, 1.82) is 0 Å². The molecule has 2 aromatic carbocycles. The van der Waals surface area contributed by atoms with Gasteiger partial charge in [-0.2, -0.15) is 0 Å². The molecule has 0 saturated carbocycles. The van der Waals surface area contributed by atoms with Crippen LogP contribution in [0.15, 0.2) is 60.7 Å². The minimum Gasteiger partial charge on any atom is -0.348 e. The Hall–Kier alpha value is -3.48. The molecule has 0 aliphatic carbocycles. The third kappa shape index (κ3) is 4.03. The number of benzene rings is 2. The van der Waals surface area contributed by atoms with Crippen molar-refractivity contribution in [2.75, 3.05) is 6.54 Å². The molecule has 0 radical (unpaired) electrons. The highest BCUT2D eigenvalue weighted by atomic mass is 16.2. The van der Waals surface area contributed by atoms with Crippen LogP contribution in [0, 0.1) is 0 Å². The van der Waals surface area contributed by atoms with Gasteiger partial charge in [0.1, 0.15) is 6.54 Å².